The highest BCUT2D eigenvalue weighted by molar-refractivity contribution is 5.94. The first-order chi connectivity index (χ1) is 12.3. The molecular weight excluding hydrogens is 339 g/mol. The van der Waals surface area contributed by atoms with Crippen LogP contribution in [-0.4, -0.2) is 62.1 Å². The van der Waals surface area contributed by atoms with Gasteiger partial charge in [-0.1, -0.05) is 36.9 Å². The van der Waals surface area contributed by atoms with Crippen molar-refractivity contribution < 1.29 is 13.2 Å². The van der Waals surface area contributed by atoms with E-state index in [1.807, 2.05) is 42.3 Å². The molecule has 1 aromatic rings. The van der Waals surface area contributed by atoms with Crippen molar-refractivity contribution in [3.8, 4) is 0 Å². The van der Waals surface area contributed by atoms with Crippen LogP contribution in [0.2, 0.25) is 0 Å². The molecule has 0 spiro atoms. The summed E-state index contributed by atoms with van der Waals surface area (Å²) in [5.74, 6) is 0.589. The van der Waals surface area contributed by atoms with Gasteiger partial charge >= 0.3 is 6.18 Å². The first kappa shape index (κ1) is 20.2. The van der Waals surface area contributed by atoms with Crippen LogP contribution in [0, 0.1) is 0 Å². The molecule has 1 aliphatic heterocycles. The normalized spacial score (nSPS) is 17.5. The molecule has 142 valence electrons. The van der Waals surface area contributed by atoms with Gasteiger partial charge in [-0.15, -0.1) is 0 Å². The van der Waals surface area contributed by atoms with Crippen molar-refractivity contribution in [3.05, 3.63) is 59.7 Å². The van der Waals surface area contributed by atoms with Gasteiger partial charge in [0.25, 0.3) is 0 Å². The van der Waals surface area contributed by atoms with Crippen molar-refractivity contribution >= 4 is 5.84 Å². The van der Waals surface area contributed by atoms with Crippen LogP contribution in [0.15, 0.2) is 59.1 Å². The van der Waals surface area contributed by atoms with E-state index in [4.69, 9.17) is 0 Å². The van der Waals surface area contributed by atoms with E-state index in [9.17, 15) is 13.2 Å². The van der Waals surface area contributed by atoms with Crippen molar-refractivity contribution in [2.24, 2.45) is 4.99 Å². The molecular formula is C20H26F3N3. The minimum Gasteiger partial charge on any atom is -0.354 e. The van der Waals surface area contributed by atoms with Gasteiger partial charge in [-0.25, -0.2) is 0 Å². The number of aryl methyl sites for hydroxylation is 1. The molecule has 0 aromatic heterocycles. The molecule has 6 heteroatoms. The van der Waals surface area contributed by atoms with E-state index in [2.05, 4.69) is 16.5 Å². The molecule has 0 unspecified atom stereocenters. The first-order valence-electron chi connectivity index (χ1n) is 8.72. The van der Waals surface area contributed by atoms with Gasteiger partial charge in [0.2, 0.25) is 0 Å². The fraction of sp³-hybridized carbons (Fsp3) is 0.450. The van der Waals surface area contributed by atoms with Crippen LogP contribution in [0.5, 0.6) is 0 Å². The Kier molecular flexibility index (Phi) is 7.03. The summed E-state index contributed by atoms with van der Waals surface area (Å²) in [6.45, 7) is 6.55. The summed E-state index contributed by atoms with van der Waals surface area (Å²) in [5, 5.41) is 0. The lowest BCUT2D eigenvalue weighted by Gasteiger charge is -2.34. The van der Waals surface area contributed by atoms with Crippen LogP contribution in [0.4, 0.5) is 13.2 Å². The number of aliphatic imine (C=N–C) groups is 1. The lowest BCUT2D eigenvalue weighted by molar-refractivity contribution is -0.0891. The van der Waals surface area contributed by atoms with E-state index < -0.39 is 11.7 Å². The number of alkyl halides is 3. The Morgan fingerprint density at radius 1 is 1.15 bits per heavy atom. The summed E-state index contributed by atoms with van der Waals surface area (Å²) in [4.78, 5) is 8.46. The van der Waals surface area contributed by atoms with E-state index in [0.29, 0.717) is 12.3 Å². The summed E-state index contributed by atoms with van der Waals surface area (Å²) >= 11 is 0. The fourth-order valence-corrected chi connectivity index (χ4v) is 2.90. The number of rotatable bonds is 5. The third-order valence-electron chi connectivity index (χ3n) is 4.62. The maximum Gasteiger partial charge on any atom is 0.416 e. The van der Waals surface area contributed by atoms with Gasteiger partial charge in [-0.3, -0.25) is 4.99 Å². The Bertz CT molecular complexity index is 655. The Morgan fingerprint density at radius 3 is 2.31 bits per heavy atom. The van der Waals surface area contributed by atoms with Crippen LogP contribution in [0.25, 0.3) is 0 Å². The second kappa shape index (κ2) is 9.03. The molecule has 0 N–H and O–H groups in total. The van der Waals surface area contributed by atoms with E-state index in [1.54, 1.807) is 13.1 Å². The van der Waals surface area contributed by atoms with Crippen molar-refractivity contribution in [3.63, 3.8) is 0 Å². The smallest absolute Gasteiger partial charge is 0.354 e. The van der Waals surface area contributed by atoms with E-state index in [-0.39, 0.29) is 12.0 Å². The van der Waals surface area contributed by atoms with Crippen molar-refractivity contribution in [1.82, 2.24) is 9.80 Å². The molecule has 3 nitrogen and oxygen atoms in total. The van der Waals surface area contributed by atoms with Gasteiger partial charge in [0, 0.05) is 33.2 Å². The van der Waals surface area contributed by atoms with Gasteiger partial charge in [-0.05, 0) is 37.1 Å². The predicted octanol–water partition coefficient (Wildman–Crippen LogP) is 3.94. The highest BCUT2D eigenvalue weighted by Gasteiger charge is 2.34. The van der Waals surface area contributed by atoms with Crippen LogP contribution < -0.4 is 0 Å². The highest BCUT2D eigenvalue weighted by atomic mass is 19.4. The Balaban J connectivity index is 2.20. The molecule has 0 radical (unpaired) electrons. The zero-order chi connectivity index (χ0) is 19.2. The highest BCUT2D eigenvalue weighted by Crippen LogP contribution is 2.32. The summed E-state index contributed by atoms with van der Waals surface area (Å²) in [6, 6.07) is 9.51. The fourth-order valence-electron chi connectivity index (χ4n) is 2.90. The first-order valence-corrected chi connectivity index (χ1v) is 8.72. The van der Waals surface area contributed by atoms with Crippen LogP contribution in [0.1, 0.15) is 12.0 Å². The lowest BCUT2D eigenvalue weighted by Crippen LogP contribution is -2.46. The number of amidine groups is 1. The summed E-state index contributed by atoms with van der Waals surface area (Å²) in [5.41, 5.74) is 0.410. The average Bonchev–Trinajstić information content (AvgIpc) is 2.62. The Morgan fingerprint density at radius 2 is 1.77 bits per heavy atom. The van der Waals surface area contributed by atoms with Crippen LogP contribution in [-0.2, 0) is 6.42 Å². The second-order valence-corrected chi connectivity index (χ2v) is 6.50. The Hall–Kier alpha value is -2.08. The van der Waals surface area contributed by atoms with Crippen LogP contribution >= 0.6 is 0 Å². The number of halogens is 3. The van der Waals surface area contributed by atoms with E-state index in [0.717, 1.165) is 31.7 Å². The molecule has 0 bridgehead atoms. The zero-order valence-electron chi connectivity index (χ0n) is 15.4. The lowest BCUT2D eigenvalue weighted by atomic mass is 9.98. The second-order valence-electron chi connectivity index (χ2n) is 6.50. The maximum atomic E-state index is 13.3. The Labute approximate surface area is 153 Å². The molecule has 1 aliphatic rings. The molecule has 0 saturated carbocycles. The molecule has 0 atom stereocenters. The largest absolute Gasteiger partial charge is 0.416 e. The van der Waals surface area contributed by atoms with E-state index in [1.165, 1.54) is 0 Å². The third-order valence-corrected chi connectivity index (χ3v) is 4.62. The monoisotopic (exact) mass is 365 g/mol. The summed E-state index contributed by atoms with van der Waals surface area (Å²) < 4.78 is 39.8. The summed E-state index contributed by atoms with van der Waals surface area (Å²) in [7, 11) is 3.65. The number of hydrogen-bond acceptors (Lipinski definition) is 2. The number of nitrogens with zero attached hydrogens (tertiary/aromatic N) is 3. The zero-order valence-corrected chi connectivity index (χ0v) is 15.4. The van der Waals surface area contributed by atoms with E-state index >= 15 is 0 Å². The van der Waals surface area contributed by atoms with Gasteiger partial charge < -0.3 is 9.80 Å². The molecule has 0 aliphatic carbocycles. The number of benzene rings is 1. The minimum atomic E-state index is -4.44. The molecule has 2 rings (SSSR count). The van der Waals surface area contributed by atoms with Crippen molar-refractivity contribution in [2.45, 2.75) is 19.0 Å². The predicted molar refractivity (Wildman–Crippen MR) is 100 cm³/mol. The number of hydrogen-bond donors (Lipinski definition) is 0. The topological polar surface area (TPSA) is 18.8 Å². The standard InChI is InChI=1S/C20H26F3N3/c1-16(20(21,22)23)18(10-9-17-7-5-4-6-8-17)15-19(24-2)26-13-11-25(3)12-14-26/h4-8,15H,1,9-14H2,2-3H3/b18-15-,24-19?. The quantitative estimate of drug-likeness (QED) is 0.447. The van der Waals surface area contributed by atoms with Gasteiger partial charge in [0.05, 0.1) is 5.57 Å². The van der Waals surface area contributed by atoms with Gasteiger partial charge in [0.15, 0.2) is 0 Å². The summed E-state index contributed by atoms with van der Waals surface area (Å²) in [6.07, 6.45) is -2.08. The van der Waals surface area contributed by atoms with Gasteiger partial charge in [0.1, 0.15) is 5.84 Å². The van der Waals surface area contributed by atoms with Gasteiger partial charge in [-0.2, -0.15) is 13.2 Å². The molecule has 1 saturated heterocycles. The van der Waals surface area contributed by atoms with Crippen molar-refractivity contribution in [1.29, 1.82) is 0 Å². The average molecular weight is 365 g/mol. The number of piperazine rings is 1. The minimum absolute atomic E-state index is 0.195. The molecule has 1 fully saturated rings. The molecule has 26 heavy (non-hydrogen) atoms. The third kappa shape index (κ3) is 5.73. The SMILES string of the molecule is C=C(/C(=C\C(=NC)N1CCN(C)CC1)CCc1ccccc1)C(F)(F)F. The molecule has 1 heterocycles. The van der Waals surface area contributed by atoms with Crippen molar-refractivity contribution in [2.75, 3.05) is 40.3 Å². The molecule has 1 aromatic carbocycles. The molecule has 0 amide bonds. The van der Waals surface area contributed by atoms with Crippen LogP contribution in [0.3, 0.4) is 0 Å². The number of allylic oxidation sites excluding steroid dienone is 2. The maximum absolute atomic E-state index is 13.3. The number of likely N-dealkylation sites (N-methyl/N-ethyl adjacent to an activating group) is 1.